The molecule has 0 aromatic heterocycles. The molecule has 3 aromatic rings. The molecular formula is C28H32N2O3. The van der Waals surface area contributed by atoms with Crippen molar-refractivity contribution in [3.63, 3.8) is 0 Å². The maximum atomic E-state index is 13.6. The predicted molar refractivity (Wildman–Crippen MR) is 132 cm³/mol. The molecule has 1 fully saturated rings. The number of benzene rings is 3. The van der Waals surface area contributed by atoms with E-state index in [2.05, 4.69) is 13.8 Å². The second kappa shape index (κ2) is 10.2. The van der Waals surface area contributed by atoms with Crippen molar-refractivity contribution in [1.82, 2.24) is 9.80 Å². The van der Waals surface area contributed by atoms with Crippen LogP contribution in [0.3, 0.4) is 0 Å². The van der Waals surface area contributed by atoms with Crippen LogP contribution in [-0.2, 0) is 4.74 Å². The molecule has 0 radical (unpaired) electrons. The summed E-state index contributed by atoms with van der Waals surface area (Å²) in [5, 5.41) is 2.01. The average molecular weight is 445 g/mol. The molecule has 0 N–H and O–H groups in total. The minimum absolute atomic E-state index is 0.00598. The fourth-order valence-electron chi connectivity index (χ4n) is 4.51. The van der Waals surface area contributed by atoms with Crippen LogP contribution in [0.4, 0.5) is 0 Å². The molecule has 0 bridgehead atoms. The Hall–Kier alpha value is -3.18. The zero-order valence-corrected chi connectivity index (χ0v) is 19.7. The summed E-state index contributed by atoms with van der Waals surface area (Å²) < 4.78 is 6.02. The van der Waals surface area contributed by atoms with Gasteiger partial charge in [-0.15, -0.1) is 0 Å². The van der Waals surface area contributed by atoms with Gasteiger partial charge in [0.25, 0.3) is 11.8 Å². The Balaban J connectivity index is 1.53. The first-order valence-corrected chi connectivity index (χ1v) is 11.7. The SMILES string of the molecule is Cc1ccccc1C(=O)N1CCOC(CN(CC(C)C)C(=O)c2cccc3ccccc23)C1. The first-order chi connectivity index (χ1) is 15.9. The third-order valence-corrected chi connectivity index (χ3v) is 6.12. The molecule has 4 rings (SSSR count). The molecule has 0 aliphatic carbocycles. The zero-order valence-electron chi connectivity index (χ0n) is 19.7. The third kappa shape index (κ3) is 5.25. The largest absolute Gasteiger partial charge is 0.373 e. The van der Waals surface area contributed by atoms with Crippen molar-refractivity contribution in [2.45, 2.75) is 26.9 Å². The van der Waals surface area contributed by atoms with E-state index >= 15 is 0 Å². The highest BCUT2D eigenvalue weighted by Crippen LogP contribution is 2.22. The van der Waals surface area contributed by atoms with E-state index in [0.29, 0.717) is 44.3 Å². The number of rotatable bonds is 6. The lowest BCUT2D eigenvalue weighted by Gasteiger charge is -2.36. The molecule has 1 aliphatic rings. The summed E-state index contributed by atoms with van der Waals surface area (Å²) >= 11 is 0. The fraction of sp³-hybridized carbons (Fsp3) is 0.357. The third-order valence-electron chi connectivity index (χ3n) is 6.12. The number of carbonyl (C=O) groups excluding carboxylic acids is 2. The highest BCUT2D eigenvalue weighted by atomic mass is 16.5. The Kier molecular flexibility index (Phi) is 7.09. The van der Waals surface area contributed by atoms with E-state index in [-0.39, 0.29) is 17.9 Å². The highest BCUT2D eigenvalue weighted by molar-refractivity contribution is 6.07. The van der Waals surface area contributed by atoms with Gasteiger partial charge < -0.3 is 14.5 Å². The number of ether oxygens (including phenoxy) is 1. The van der Waals surface area contributed by atoms with Crippen LogP contribution in [0.15, 0.2) is 66.7 Å². The van der Waals surface area contributed by atoms with E-state index in [1.165, 1.54) is 0 Å². The smallest absolute Gasteiger partial charge is 0.254 e. The summed E-state index contributed by atoms with van der Waals surface area (Å²) in [5.41, 5.74) is 2.40. The van der Waals surface area contributed by atoms with Gasteiger partial charge >= 0.3 is 0 Å². The Bertz CT molecular complexity index is 1140. The van der Waals surface area contributed by atoms with E-state index in [1.54, 1.807) is 0 Å². The van der Waals surface area contributed by atoms with Crippen molar-refractivity contribution in [2.75, 3.05) is 32.8 Å². The molecule has 1 unspecified atom stereocenters. The number of amides is 2. The Morgan fingerprint density at radius 1 is 1.00 bits per heavy atom. The van der Waals surface area contributed by atoms with E-state index in [4.69, 9.17) is 4.74 Å². The number of morpholine rings is 1. The van der Waals surface area contributed by atoms with Crippen molar-refractivity contribution in [1.29, 1.82) is 0 Å². The maximum Gasteiger partial charge on any atom is 0.254 e. The van der Waals surface area contributed by atoms with Gasteiger partial charge in [-0.3, -0.25) is 9.59 Å². The van der Waals surface area contributed by atoms with Crippen molar-refractivity contribution >= 4 is 22.6 Å². The minimum Gasteiger partial charge on any atom is -0.373 e. The topological polar surface area (TPSA) is 49.9 Å². The van der Waals surface area contributed by atoms with Gasteiger partial charge in [0.15, 0.2) is 0 Å². The van der Waals surface area contributed by atoms with E-state index < -0.39 is 0 Å². The van der Waals surface area contributed by atoms with E-state index in [1.807, 2.05) is 83.5 Å². The summed E-state index contributed by atoms with van der Waals surface area (Å²) in [6, 6.07) is 21.5. The number of hydrogen-bond acceptors (Lipinski definition) is 3. The molecule has 0 saturated carbocycles. The highest BCUT2D eigenvalue weighted by Gasteiger charge is 2.29. The van der Waals surface area contributed by atoms with Gasteiger partial charge in [-0.2, -0.15) is 0 Å². The fourth-order valence-corrected chi connectivity index (χ4v) is 4.51. The first-order valence-electron chi connectivity index (χ1n) is 11.7. The summed E-state index contributed by atoms with van der Waals surface area (Å²) in [4.78, 5) is 30.5. The molecule has 1 aliphatic heterocycles. The zero-order chi connectivity index (χ0) is 23.4. The van der Waals surface area contributed by atoms with Gasteiger partial charge in [-0.1, -0.05) is 68.4 Å². The van der Waals surface area contributed by atoms with Crippen LogP contribution in [0.1, 0.15) is 40.1 Å². The summed E-state index contributed by atoms with van der Waals surface area (Å²) in [7, 11) is 0. The Labute approximate surface area is 195 Å². The lowest BCUT2D eigenvalue weighted by molar-refractivity contribution is -0.0340. The second-order valence-corrected chi connectivity index (χ2v) is 9.19. The lowest BCUT2D eigenvalue weighted by atomic mass is 10.0. The van der Waals surface area contributed by atoms with Gasteiger partial charge in [0.1, 0.15) is 0 Å². The molecular weight excluding hydrogens is 412 g/mol. The summed E-state index contributed by atoms with van der Waals surface area (Å²) in [6.45, 7) is 8.78. The number of fused-ring (bicyclic) bond motifs is 1. The van der Waals surface area contributed by atoms with Crippen LogP contribution in [-0.4, -0.2) is 60.5 Å². The molecule has 1 saturated heterocycles. The van der Waals surface area contributed by atoms with Crippen LogP contribution < -0.4 is 0 Å². The summed E-state index contributed by atoms with van der Waals surface area (Å²) in [5.74, 6) is 0.348. The second-order valence-electron chi connectivity index (χ2n) is 9.19. The van der Waals surface area contributed by atoms with Crippen molar-refractivity contribution in [3.05, 3.63) is 83.4 Å². The van der Waals surface area contributed by atoms with Crippen LogP contribution in [0.2, 0.25) is 0 Å². The number of carbonyl (C=O) groups is 2. The minimum atomic E-state index is -0.218. The maximum absolute atomic E-state index is 13.6. The normalized spacial score (nSPS) is 16.2. The Morgan fingerprint density at radius 2 is 1.70 bits per heavy atom. The molecule has 33 heavy (non-hydrogen) atoms. The molecule has 172 valence electrons. The van der Waals surface area contributed by atoms with E-state index in [9.17, 15) is 9.59 Å². The molecule has 5 heteroatoms. The number of aryl methyl sites for hydroxylation is 1. The number of nitrogens with zero attached hydrogens (tertiary/aromatic N) is 2. The van der Waals surface area contributed by atoms with Gasteiger partial charge in [-0.25, -0.2) is 0 Å². The molecule has 1 heterocycles. The van der Waals surface area contributed by atoms with Crippen molar-refractivity contribution < 1.29 is 14.3 Å². The predicted octanol–water partition coefficient (Wildman–Crippen LogP) is 4.79. The van der Waals surface area contributed by atoms with E-state index in [0.717, 1.165) is 21.9 Å². The average Bonchev–Trinajstić information content (AvgIpc) is 2.82. The van der Waals surface area contributed by atoms with Gasteiger partial charge in [0, 0.05) is 37.3 Å². The first kappa shape index (κ1) is 23.0. The molecule has 2 amide bonds. The van der Waals surface area contributed by atoms with Gasteiger partial charge in [-0.05, 0) is 41.3 Å². The Morgan fingerprint density at radius 3 is 2.48 bits per heavy atom. The number of hydrogen-bond donors (Lipinski definition) is 0. The van der Waals surface area contributed by atoms with Crippen LogP contribution in [0.5, 0.6) is 0 Å². The van der Waals surface area contributed by atoms with Crippen LogP contribution in [0.25, 0.3) is 10.8 Å². The monoisotopic (exact) mass is 444 g/mol. The lowest BCUT2D eigenvalue weighted by Crippen LogP contribution is -2.51. The van der Waals surface area contributed by atoms with Gasteiger partial charge in [0.2, 0.25) is 0 Å². The van der Waals surface area contributed by atoms with Crippen molar-refractivity contribution in [3.8, 4) is 0 Å². The van der Waals surface area contributed by atoms with Crippen LogP contribution in [0, 0.1) is 12.8 Å². The summed E-state index contributed by atoms with van der Waals surface area (Å²) in [6.07, 6.45) is -0.218. The molecule has 1 atom stereocenters. The molecule has 3 aromatic carbocycles. The van der Waals surface area contributed by atoms with Crippen molar-refractivity contribution in [2.24, 2.45) is 5.92 Å². The van der Waals surface area contributed by atoms with Gasteiger partial charge in [0.05, 0.1) is 12.7 Å². The van der Waals surface area contributed by atoms with Crippen LogP contribution >= 0.6 is 0 Å². The molecule has 5 nitrogen and oxygen atoms in total. The standard InChI is InChI=1S/C28H32N2O3/c1-20(2)17-30(28(32)26-14-8-11-22-10-5-7-13-25(22)26)19-23-18-29(15-16-33-23)27(31)24-12-6-4-9-21(24)3/h4-14,20,23H,15-19H2,1-3H3. The molecule has 0 spiro atoms. The quantitative estimate of drug-likeness (QED) is 0.549.